The van der Waals surface area contributed by atoms with Crippen molar-refractivity contribution in [1.29, 1.82) is 0 Å². The van der Waals surface area contributed by atoms with E-state index >= 15 is 0 Å². The van der Waals surface area contributed by atoms with E-state index in [1.54, 1.807) is 24.8 Å². The number of hydrogen-bond donors (Lipinski definition) is 0. The van der Waals surface area contributed by atoms with Gasteiger partial charge in [-0.1, -0.05) is 6.07 Å². The average Bonchev–Trinajstić information content (AvgIpc) is 2.39. The largest absolute Gasteiger partial charge is 0.264 e. The Kier molecular flexibility index (Phi) is 2.04. The molecule has 0 saturated heterocycles. The van der Waals surface area contributed by atoms with Crippen LogP contribution >= 0.6 is 0 Å². The van der Waals surface area contributed by atoms with Crippen molar-refractivity contribution in [2.24, 2.45) is 0 Å². The van der Waals surface area contributed by atoms with Gasteiger partial charge in [0.1, 0.15) is 5.69 Å². The fourth-order valence-electron chi connectivity index (χ4n) is 1.62. The molecule has 0 aliphatic carbocycles. The molecule has 0 spiro atoms. The zero-order chi connectivity index (χ0) is 10.8. The minimum atomic E-state index is 0.792. The van der Waals surface area contributed by atoms with Crippen LogP contribution in [-0.4, -0.2) is 20.2 Å². The second-order valence-electron chi connectivity index (χ2n) is 3.37. The van der Waals surface area contributed by atoms with Gasteiger partial charge in [-0.05, 0) is 18.2 Å². The maximum atomic E-state index is 4.28. The molecule has 0 atom stereocenters. The minimum absolute atomic E-state index is 0.792. The van der Waals surface area contributed by atoms with Crippen LogP contribution in [0.2, 0.25) is 0 Å². The lowest BCUT2D eigenvalue weighted by molar-refractivity contribution is 1.04. The van der Waals surface area contributed by atoms with Crippen LogP contribution in [0.15, 0.2) is 49.1 Å². The first-order valence-corrected chi connectivity index (χ1v) is 4.92. The summed E-state index contributed by atoms with van der Waals surface area (Å²) < 4.78 is 0. The van der Waals surface area contributed by atoms with Crippen molar-refractivity contribution in [3.05, 3.63) is 49.1 Å². The number of rotatable bonds is 1. The first-order valence-electron chi connectivity index (χ1n) is 4.92. The third-order valence-corrected chi connectivity index (χ3v) is 2.37. The maximum absolute atomic E-state index is 4.28. The van der Waals surface area contributed by atoms with Crippen LogP contribution in [0.1, 0.15) is 0 Å². The molecular formula is C12H8N4. The van der Waals surface area contributed by atoms with E-state index in [-0.39, 0.29) is 0 Å². The van der Waals surface area contributed by atoms with E-state index in [1.807, 2.05) is 24.3 Å². The maximum Gasteiger partial charge on any atom is 0.119 e. The number of fused-ring (bicyclic) bond motifs is 1. The van der Waals surface area contributed by atoms with E-state index in [9.17, 15) is 0 Å². The number of hydrogen-bond acceptors (Lipinski definition) is 4. The van der Waals surface area contributed by atoms with E-state index in [4.69, 9.17) is 0 Å². The third-order valence-electron chi connectivity index (χ3n) is 2.37. The Hall–Kier alpha value is -2.36. The Bertz CT molecular complexity index is 617. The molecule has 0 aromatic carbocycles. The molecule has 76 valence electrons. The zero-order valence-corrected chi connectivity index (χ0v) is 8.41. The highest BCUT2D eigenvalue weighted by Gasteiger charge is 2.06. The molecule has 4 nitrogen and oxygen atoms in total. The van der Waals surface area contributed by atoms with Crippen LogP contribution in [0.5, 0.6) is 0 Å². The van der Waals surface area contributed by atoms with Gasteiger partial charge in [-0.3, -0.25) is 9.97 Å². The van der Waals surface area contributed by atoms with E-state index in [0.29, 0.717) is 0 Å². The second kappa shape index (κ2) is 3.66. The smallest absolute Gasteiger partial charge is 0.119 e. The summed E-state index contributed by atoms with van der Waals surface area (Å²) in [5, 5.41) is 10.1. The van der Waals surface area contributed by atoms with Crippen molar-refractivity contribution in [3.8, 4) is 11.4 Å². The molecule has 0 N–H and O–H groups in total. The summed E-state index contributed by atoms with van der Waals surface area (Å²) in [5.74, 6) is 0. The lowest BCUT2D eigenvalue weighted by Gasteiger charge is -2.02. The average molecular weight is 208 g/mol. The van der Waals surface area contributed by atoms with Crippen LogP contribution < -0.4 is 0 Å². The molecule has 0 saturated carbocycles. The fraction of sp³-hybridized carbons (Fsp3) is 0. The topological polar surface area (TPSA) is 51.6 Å². The van der Waals surface area contributed by atoms with Crippen LogP contribution in [0, 0.1) is 0 Å². The molecule has 0 fully saturated rings. The van der Waals surface area contributed by atoms with Crippen molar-refractivity contribution < 1.29 is 0 Å². The van der Waals surface area contributed by atoms with E-state index < -0.39 is 0 Å². The summed E-state index contributed by atoms with van der Waals surface area (Å²) in [5.41, 5.74) is 1.62. The molecule has 3 rings (SSSR count). The molecule has 3 aromatic heterocycles. The van der Waals surface area contributed by atoms with Gasteiger partial charge in [0, 0.05) is 29.4 Å². The summed E-state index contributed by atoms with van der Waals surface area (Å²) in [7, 11) is 0. The van der Waals surface area contributed by atoms with Gasteiger partial charge < -0.3 is 0 Å². The van der Waals surface area contributed by atoms with Gasteiger partial charge in [0.25, 0.3) is 0 Å². The SMILES string of the molecule is c1ccc(-c2nncc3cnccc23)nc1. The third kappa shape index (κ3) is 1.40. The number of aromatic nitrogens is 4. The highest BCUT2D eigenvalue weighted by molar-refractivity contribution is 5.92. The van der Waals surface area contributed by atoms with Crippen LogP contribution in [0.25, 0.3) is 22.2 Å². The van der Waals surface area contributed by atoms with E-state index in [2.05, 4.69) is 20.2 Å². The van der Waals surface area contributed by atoms with E-state index in [0.717, 1.165) is 22.2 Å². The van der Waals surface area contributed by atoms with Crippen LogP contribution in [-0.2, 0) is 0 Å². The van der Waals surface area contributed by atoms with Gasteiger partial charge in [0.05, 0.1) is 11.9 Å². The molecule has 0 aliphatic rings. The molecule has 3 aromatic rings. The van der Waals surface area contributed by atoms with Crippen molar-refractivity contribution in [2.45, 2.75) is 0 Å². The molecular weight excluding hydrogens is 200 g/mol. The summed E-state index contributed by atoms with van der Waals surface area (Å²) in [6.07, 6.45) is 6.97. The summed E-state index contributed by atoms with van der Waals surface area (Å²) in [4.78, 5) is 8.34. The predicted octanol–water partition coefficient (Wildman–Crippen LogP) is 2.09. The summed E-state index contributed by atoms with van der Waals surface area (Å²) >= 11 is 0. The molecule has 4 heteroatoms. The van der Waals surface area contributed by atoms with Crippen molar-refractivity contribution in [1.82, 2.24) is 20.2 Å². The molecule has 0 amide bonds. The van der Waals surface area contributed by atoms with Crippen molar-refractivity contribution in [2.75, 3.05) is 0 Å². The molecule has 0 aliphatic heterocycles. The highest BCUT2D eigenvalue weighted by Crippen LogP contribution is 2.22. The predicted molar refractivity (Wildman–Crippen MR) is 60.6 cm³/mol. The van der Waals surface area contributed by atoms with Crippen molar-refractivity contribution in [3.63, 3.8) is 0 Å². The van der Waals surface area contributed by atoms with Gasteiger partial charge in [-0.2, -0.15) is 5.10 Å². The van der Waals surface area contributed by atoms with Gasteiger partial charge in [0.2, 0.25) is 0 Å². The Balaban J connectivity index is 2.32. The lowest BCUT2D eigenvalue weighted by Crippen LogP contribution is -1.91. The standard InChI is InChI=1S/C12H8N4/c1-2-5-14-11(3-1)12-10-4-6-13-7-9(10)8-15-16-12/h1-8H. The van der Waals surface area contributed by atoms with Gasteiger partial charge in [-0.15, -0.1) is 5.10 Å². The van der Waals surface area contributed by atoms with E-state index in [1.165, 1.54) is 0 Å². The van der Waals surface area contributed by atoms with Crippen LogP contribution in [0.3, 0.4) is 0 Å². The quantitative estimate of drug-likeness (QED) is 0.614. The van der Waals surface area contributed by atoms with Crippen molar-refractivity contribution >= 4 is 10.8 Å². The zero-order valence-electron chi connectivity index (χ0n) is 8.41. The molecule has 0 bridgehead atoms. The molecule has 0 unspecified atom stereocenters. The van der Waals surface area contributed by atoms with Gasteiger partial charge in [-0.25, -0.2) is 0 Å². The number of nitrogens with zero attached hydrogens (tertiary/aromatic N) is 4. The Morgan fingerprint density at radius 3 is 2.81 bits per heavy atom. The monoisotopic (exact) mass is 208 g/mol. The van der Waals surface area contributed by atoms with Gasteiger partial charge >= 0.3 is 0 Å². The summed E-state index contributed by atoms with van der Waals surface area (Å²) in [6.45, 7) is 0. The Labute approximate surface area is 92.0 Å². The molecule has 16 heavy (non-hydrogen) atoms. The minimum Gasteiger partial charge on any atom is -0.264 e. The Morgan fingerprint density at radius 2 is 1.94 bits per heavy atom. The number of pyridine rings is 2. The highest BCUT2D eigenvalue weighted by atomic mass is 15.1. The first-order chi connectivity index (χ1) is 7.95. The van der Waals surface area contributed by atoms with Crippen LogP contribution in [0.4, 0.5) is 0 Å². The molecule has 0 radical (unpaired) electrons. The Morgan fingerprint density at radius 1 is 0.938 bits per heavy atom. The van der Waals surface area contributed by atoms with Gasteiger partial charge in [0.15, 0.2) is 0 Å². The lowest BCUT2D eigenvalue weighted by atomic mass is 10.1. The second-order valence-corrected chi connectivity index (χ2v) is 3.37. The first kappa shape index (κ1) is 8.91. The normalized spacial score (nSPS) is 10.5. The molecule has 3 heterocycles. The summed E-state index contributed by atoms with van der Waals surface area (Å²) in [6, 6.07) is 7.66. The fourth-order valence-corrected chi connectivity index (χ4v) is 1.62.